The fraction of sp³-hybridized carbons (Fsp3) is 0.462. The average Bonchev–Trinajstić information content (AvgIpc) is 2.69. The minimum atomic E-state index is -0.243. The minimum absolute atomic E-state index is 0.243. The Kier molecular flexibility index (Phi) is 4.07. The molecule has 1 atom stereocenters. The summed E-state index contributed by atoms with van der Waals surface area (Å²) in [7, 11) is 0. The monoisotopic (exact) mass is 250 g/mol. The van der Waals surface area contributed by atoms with Gasteiger partial charge in [0, 0.05) is 16.7 Å². The molecular weight excluding hydrogens is 232 g/mol. The predicted molar refractivity (Wildman–Crippen MR) is 71.1 cm³/mol. The Morgan fingerprint density at radius 1 is 1.53 bits per heavy atom. The molecule has 0 spiro atoms. The Hall–Kier alpha value is -1.00. The fourth-order valence-corrected chi connectivity index (χ4v) is 3.54. The molecule has 17 heavy (non-hydrogen) atoms. The van der Waals surface area contributed by atoms with Crippen molar-refractivity contribution in [3.8, 4) is 0 Å². The molecule has 2 N–H and O–H groups in total. The second kappa shape index (κ2) is 5.56. The molecule has 0 fully saturated rings. The minimum Gasteiger partial charge on any atom is -0.369 e. The Balaban J connectivity index is 1.92. The number of benzene rings is 1. The van der Waals surface area contributed by atoms with E-state index in [1.54, 1.807) is 0 Å². The first kappa shape index (κ1) is 12.5. The lowest BCUT2D eigenvalue weighted by Gasteiger charge is -2.21. The van der Waals surface area contributed by atoms with Crippen molar-refractivity contribution in [2.75, 3.05) is 19.6 Å². The zero-order chi connectivity index (χ0) is 12.3. The Labute approximate surface area is 106 Å². The van der Waals surface area contributed by atoms with Crippen molar-refractivity contribution in [1.82, 2.24) is 4.90 Å². The van der Waals surface area contributed by atoms with Crippen LogP contribution in [0.3, 0.4) is 0 Å². The van der Waals surface area contributed by atoms with Crippen LogP contribution in [0, 0.1) is 0 Å². The van der Waals surface area contributed by atoms with Gasteiger partial charge in [0.2, 0.25) is 5.91 Å². The second-order valence-electron chi connectivity index (χ2n) is 4.35. The summed E-state index contributed by atoms with van der Waals surface area (Å²) in [5.41, 5.74) is 6.67. The van der Waals surface area contributed by atoms with Gasteiger partial charge < -0.3 is 5.73 Å². The van der Waals surface area contributed by atoms with Crippen LogP contribution in [-0.2, 0) is 11.2 Å². The van der Waals surface area contributed by atoms with Gasteiger partial charge in [-0.1, -0.05) is 25.1 Å². The number of rotatable bonds is 5. The highest BCUT2D eigenvalue weighted by Gasteiger charge is 2.23. The highest BCUT2D eigenvalue weighted by Crippen LogP contribution is 2.36. The van der Waals surface area contributed by atoms with Crippen molar-refractivity contribution < 1.29 is 4.79 Å². The van der Waals surface area contributed by atoms with Crippen LogP contribution in [0.4, 0.5) is 0 Å². The van der Waals surface area contributed by atoms with Gasteiger partial charge in [-0.2, -0.15) is 0 Å². The van der Waals surface area contributed by atoms with Crippen molar-refractivity contribution in [2.45, 2.75) is 23.5 Å². The van der Waals surface area contributed by atoms with Gasteiger partial charge in [-0.3, -0.25) is 9.69 Å². The second-order valence-corrected chi connectivity index (χ2v) is 5.69. The standard InChI is InChI=1S/C13H18N2OS/c1-2-15(9-13(14)16)8-11-7-10-5-3-4-6-12(10)17-11/h3-6,11H,2,7-9H2,1H3,(H2,14,16). The van der Waals surface area contributed by atoms with E-state index in [9.17, 15) is 4.79 Å². The van der Waals surface area contributed by atoms with E-state index in [1.807, 2.05) is 11.8 Å². The van der Waals surface area contributed by atoms with Crippen molar-refractivity contribution >= 4 is 17.7 Å². The zero-order valence-corrected chi connectivity index (χ0v) is 10.9. The average molecular weight is 250 g/mol. The molecule has 4 heteroatoms. The lowest BCUT2D eigenvalue weighted by Crippen LogP contribution is -2.37. The summed E-state index contributed by atoms with van der Waals surface area (Å²) < 4.78 is 0. The number of nitrogens with two attached hydrogens (primary N) is 1. The highest BCUT2D eigenvalue weighted by atomic mass is 32.2. The van der Waals surface area contributed by atoms with Gasteiger partial charge in [0.15, 0.2) is 0 Å². The number of likely N-dealkylation sites (N-methyl/N-ethyl adjacent to an activating group) is 1. The maximum Gasteiger partial charge on any atom is 0.231 e. The van der Waals surface area contributed by atoms with Gasteiger partial charge >= 0.3 is 0 Å². The largest absolute Gasteiger partial charge is 0.369 e. The van der Waals surface area contributed by atoms with Crippen LogP contribution in [0.2, 0.25) is 0 Å². The number of hydrogen-bond donors (Lipinski definition) is 1. The first-order valence-corrected chi connectivity index (χ1v) is 6.82. The summed E-state index contributed by atoms with van der Waals surface area (Å²) in [4.78, 5) is 14.4. The molecule has 92 valence electrons. The third-order valence-corrected chi connectivity index (χ3v) is 4.30. The predicted octanol–water partition coefficient (Wildman–Crippen LogP) is 1.51. The molecule has 1 aliphatic rings. The summed E-state index contributed by atoms with van der Waals surface area (Å²) in [5.74, 6) is -0.243. The third-order valence-electron chi connectivity index (χ3n) is 3.00. The summed E-state index contributed by atoms with van der Waals surface area (Å²) >= 11 is 1.91. The van der Waals surface area contributed by atoms with Crippen molar-refractivity contribution in [2.24, 2.45) is 5.73 Å². The molecule has 0 bridgehead atoms. The molecule has 1 aliphatic heterocycles. The van der Waals surface area contributed by atoms with Gasteiger partial charge in [0.25, 0.3) is 0 Å². The van der Waals surface area contributed by atoms with Crippen LogP contribution in [-0.4, -0.2) is 35.7 Å². The summed E-state index contributed by atoms with van der Waals surface area (Å²) in [6.07, 6.45) is 1.09. The number of nitrogens with zero attached hydrogens (tertiary/aromatic N) is 1. The van der Waals surface area contributed by atoms with Gasteiger partial charge in [-0.15, -0.1) is 11.8 Å². The molecule has 1 amide bonds. The number of primary amides is 1. The van der Waals surface area contributed by atoms with E-state index in [0.717, 1.165) is 19.5 Å². The number of hydrogen-bond acceptors (Lipinski definition) is 3. The van der Waals surface area contributed by atoms with Gasteiger partial charge in [0.05, 0.1) is 6.54 Å². The van der Waals surface area contributed by atoms with Crippen LogP contribution >= 0.6 is 11.8 Å². The molecular formula is C13H18N2OS. The molecule has 1 aromatic rings. The molecule has 2 rings (SSSR count). The van der Waals surface area contributed by atoms with E-state index in [2.05, 4.69) is 36.1 Å². The summed E-state index contributed by atoms with van der Waals surface area (Å²) in [6, 6.07) is 8.52. The highest BCUT2D eigenvalue weighted by molar-refractivity contribution is 8.00. The Morgan fingerprint density at radius 3 is 2.94 bits per heavy atom. The summed E-state index contributed by atoms with van der Waals surface area (Å²) in [6.45, 7) is 4.23. The number of fused-ring (bicyclic) bond motifs is 1. The lowest BCUT2D eigenvalue weighted by atomic mass is 10.1. The van der Waals surface area contributed by atoms with Crippen LogP contribution in [0.5, 0.6) is 0 Å². The maximum atomic E-state index is 10.9. The molecule has 0 aromatic heterocycles. The molecule has 1 unspecified atom stereocenters. The number of thioether (sulfide) groups is 1. The maximum absolute atomic E-state index is 10.9. The first-order valence-electron chi connectivity index (χ1n) is 5.94. The van der Waals surface area contributed by atoms with E-state index in [-0.39, 0.29) is 5.91 Å². The molecule has 0 saturated heterocycles. The molecule has 0 saturated carbocycles. The van der Waals surface area contributed by atoms with Crippen molar-refractivity contribution in [3.63, 3.8) is 0 Å². The quantitative estimate of drug-likeness (QED) is 0.861. The van der Waals surface area contributed by atoms with E-state index in [1.165, 1.54) is 10.5 Å². The fourth-order valence-electron chi connectivity index (χ4n) is 2.17. The zero-order valence-electron chi connectivity index (χ0n) is 10.1. The number of carbonyl (C=O) groups excluding carboxylic acids is 1. The normalized spacial score (nSPS) is 18.4. The van der Waals surface area contributed by atoms with E-state index in [0.29, 0.717) is 11.8 Å². The molecule has 1 heterocycles. The van der Waals surface area contributed by atoms with Crippen molar-refractivity contribution in [1.29, 1.82) is 0 Å². The van der Waals surface area contributed by atoms with Crippen LogP contribution < -0.4 is 5.73 Å². The summed E-state index contributed by atoms with van der Waals surface area (Å²) in [5, 5.41) is 0.548. The topological polar surface area (TPSA) is 46.3 Å². The van der Waals surface area contributed by atoms with Gasteiger partial charge in [-0.25, -0.2) is 0 Å². The van der Waals surface area contributed by atoms with Gasteiger partial charge in [-0.05, 0) is 24.6 Å². The molecule has 1 aromatic carbocycles. The number of carbonyl (C=O) groups is 1. The van der Waals surface area contributed by atoms with Crippen LogP contribution in [0.1, 0.15) is 12.5 Å². The lowest BCUT2D eigenvalue weighted by molar-refractivity contribution is -0.119. The SMILES string of the molecule is CCN(CC(N)=O)CC1Cc2ccccc2S1. The molecule has 3 nitrogen and oxygen atoms in total. The van der Waals surface area contributed by atoms with E-state index < -0.39 is 0 Å². The Bertz CT molecular complexity index is 383. The Morgan fingerprint density at radius 2 is 2.29 bits per heavy atom. The van der Waals surface area contributed by atoms with Crippen LogP contribution in [0.15, 0.2) is 29.2 Å². The van der Waals surface area contributed by atoms with E-state index in [4.69, 9.17) is 5.73 Å². The smallest absolute Gasteiger partial charge is 0.231 e. The molecule has 0 aliphatic carbocycles. The number of amides is 1. The molecule has 0 radical (unpaired) electrons. The van der Waals surface area contributed by atoms with Gasteiger partial charge in [0.1, 0.15) is 0 Å². The first-order chi connectivity index (χ1) is 8.19. The van der Waals surface area contributed by atoms with Crippen LogP contribution in [0.25, 0.3) is 0 Å². The third kappa shape index (κ3) is 3.23. The van der Waals surface area contributed by atoms with Crippen molar-refractivity contribution in [3.05, 3.63) is 29.8 Å². The van der Waals surface area contributed by atoms with E-state index >= 15 is 0 Å².